The van der Waals surface area contributed by atoms with Gasteiger partial charge in [0.25, 0.3) is 0 Å². The van der Waals surface area contributed by atoms with Crippen molar-refractivity contribution in [1.82, 2.24) is 10.2 Å². The lowest BCUT2D eigenvalue weighted by molar-refractivity contribution is -0.142. The van der Waals surface area contributed by atoms with E-state index in [-0.39, 0.29) is 12.4 Å². The zero-order valence-electron chi connectivity index (χ0n) is 14.3. The van der Waals surface area contributed by atoms with Crippen LogP contribution in [0.25, 0.3) is 0 Å². The zero-order valence-corrected chi connectivity index (χ0v) is 15.1. The van der Waals surface area contributed by atoms with E-state index < -0.39 is 24.2 Å². The molecule has 0 aromatic heterocycles. The maximum absolute atomic E-state index is 11.9. The van der Waals surface area contributed by atoms with Gasteiger partial charge >= 0.3 is 18.2 Å². The van der Waals surface area contributed by atoms with E-state index in [1.807, 2.05) is 30.3 Å². The summed E-state index contributed by atoms with van der Waals surface area (Å²) in [6.07, 6.45) is 0.452. The Morgan fingerprint density at radius 1 is 1.38 bits per heavy atom. The molecule has 2 amide bonds. The van der Waals surface area contributed by atoms with Gasteiger partial charge in [-0.1, -0.05) is 30.3 Å². The van der Waals surface area contributed by atoms with Crippen LogP contribution in [0.1, 0.15) is 5.56 Å². The van der Waals surface area contributed by atoms with Crippen molar-refractivity contribution in [1.29, 1.82) is 0 Å². The summed E-state index contributed by atoms with van der Waals surface area (Å²) in [6.45, 7) is 0.943. The molecule has 1 aliphatic heterocycles. The minimum atomic E-state index is -0.872. The SMILES string of the molecule is COC(=O)[C@H](CS/C=C/N1CCOC1=O)NC(=O)OCc1ccccc1. The van der Waals surface area contributed by atoms with Gasteiger partial charge in [0, 0.05) is 12.0 Å². The molecule has 1 aromatic rings. The molecule has 1 aromatic carbocycles. The number of amides is 2. The Labute approximate surface area is 155 Å². The molecule has 0 spiro atoms. The van der Waals surface area contributed by atoms with Crippen LogP contribution >= 0.6 is 11.8 Å². The highest BCUT2D eigenvalue weighted by atomic mass is 32.2. The molecule has 26 heavy (non-hydrogen) atoms. The molecular formula is C17H20N2O6S. The summed E-state index contributed by atoms with van der Waals surface area (Å²) in [5.74, 6) is -0.352. The number of alkyl carbamates (subject to hydrolysis) is 1. The molecule has 8 nitrogen and oxygen atoms in total. The first-order valence-corrected chi connectivity index (χ1v) is 8.91. The van der Waals surface area contributed by atoms with Crippen molar-refractivity contribution < 1.29 is 28.6 Å². The number of carbonyl (C=O) groups excluding carboxylic acids is 3. The highest BCUT2D eigenvalue weighted by Gasteiger charge is 2.22. The summed E-state index contributed by atoms with van der Waals surface area (Å²) in [7, 11) is 1.24. The number of rotatable bonds is 8. The number of benzene rings is 1. The highest BCUT2D eigenvalue weighted by Crippen LogP contribution is 2.10. The van der Waals surface area contributed by atoms with Gasteiger partial charge in [-0.2, -0.15) is 0 Å². The second-order valence-corrected chi connectivity index (χ2v) is 6.15. The van der Waals surface area contributed by atoms with Crippen LogP contribution in [0.3, 0.4) is 0 Å². The van der Waals surface area contributed by atoms with Gasteiger partial charge < -0.3 is 19.5 Å². The number of cyclic esters (lactones) is 1. The van der Waals surface area contributed by atoms with E-state index >= 15 is 0 Å². The van der Waals surface area contributed by atoms with E-state index in [1.165, 1.54) is 23.8 Å². The molecule has 1 heterocycles. The molecule has 0 bridgehead atoms. The van der Waals surface area contributed by atoms with Crippen LogP contribution in [0.5, 0.6) is 0 Å². The Kier molecular flexibility index (Phi) is 7.81. The summed E-state index contributed by atoms with van der Waals surface area (Å²) >= 11 is 1.25. The van der Waals surface area contributed by atoms with E-state index in [1.54, 1.807) is 11.6 Å². The average Bonchev–Trinajstić information content (AvgIpc) is 3.07. The van der Waals surface area contributed by atoms with E-state index in [2.05, 4.69) is 5.32 Å². The van der Waals surface area contributed by atoms with Gasteiger partial charge in [0.1, 0.15) is 19.3 Å². The number of methoxy groups -OCH3 is 1. The topological polar surface area (TPSA) is 94.2 Å². The molecular weight excluding hydrogens is 360 g/mol. The molecule has 140 valence electrons. The summed E-state index contributed by atoms with van der Waals surface area (Å²) in [5, 5.41) is 4.13. The first kappa shape index (κ1) is 19.6. The van der Waals surface area contributed by atoms with Gasteiger partial charge in [-0.15, -0.1) is 11.8 Å². The quantitative estimate of drug-likeness (QED) is 0.545. The monoisotopic (exact) mass is 380 g/mol. The van der Waals surface area contributed by atoms with E-state index in [0.717, 1.165) is 5.56 Å². The van der Waals surface area contributed by atoms with Gasteiger partial charge in [0.05, 0.1) is 13.7 Å². The predicted molar refractivity (Wildman–Crippen MR) is 95.2 cm³/mol. The molecule has 9 heteroatoms. The number of carbonyl (C=O) groups is 3. The Hall–Kier alpha value is -2.68. The third kappa shape index (κ3) is 6.32. The molecule has 2 rings (SSSR count). The third-order valence-corrected chi connectivity index (χ3v) is 4.22. The van der Waals surface area contributed by atoms with Gasteiger partial charge in [-0.3, -0.25) is 4.90 Å². The molecule has 0 unspecified atom stereocenters. The van der Waals surface area contributed by atoms with Crippen molar-refractivity contribution in [2.75, 3.05) is 26.0 Å². The van der Waals surface area contributed by atoms with Crippen LogP contribution in [-0.4, -0.2) is 55.1 Å². The van der Waals surface area contributed by atoms with Crippen LogP contribution in [0, 0.1) is 0 Å². The number of esters is 1. The fourth-order valence-electron chi connectivity index (χ4n) is 2.03. The zero-order chi connectivity index (χ0) is 18.8. The number of nitrogens with zero attached hydrogens (tertiary/aromatic N) is 1. The molecule has 0 radical (unpaired) electrons. The van der Waals surface area contributed by atoms with Gasteiger partial charge in [0.2, 0.25) is 0 Å². The average molecular weight is 380 g/mol. The van der Waals surface area contributed by atoms with Crippen LogP contribution in [0.2, 0.25) is 0 Å². The summed E-state index contributed by atoms with van der Waals surface area (Å²) in [6, 6.07) is 8.33. The molecule has 1 aliphatic rings. The number of ether oxygens (including phenoxy) is 3. The summed E-state index contributed by atoms with van der Waals surface area (Å²) < 4.78 is 14.6. The number of hydrogen-bond acceptors (Lipinski definition) is 7. The first-order chi connectivity index (χ1) is 12.6. The lowest BCUT2D eigenvalue weighted by Crippen LogP contribution is -2.43. The van der Waals surface area contributed by atoms with Crippen LogP contribution in [0.4, 0.5) is 9.59 Å². The first-order valence-electron chi connectivity index (χ1n) is 7.87. The summed E-state index contributed by atoms with van der Waals surface area (Å²) in [5.41, 5.74) is 0.840. The smallest absolute Gasteiger partial charge is 0.413 e. The summed E-state index contributed by atoms with van der Waals surface area (Å²) in [4.78, 5) is 36.4. The highest BCUT2D eigenvalue weighted by molar-refractivity contribution is 8.02. The third-order valence-electron chi connectivity index (χ3n) is 3.38. The normalized spacial score (nSPS) is 14.8. The van der Waals surface area contributed by atoms with Crippen molar-refractivity contribution in [3.63, 3.8) is 0 Å². The Morgan fingerprint density at radius 3 is 2.81 bits per heavy atom. The number of nitrogens with one attached hydrogen (secondary N) is 1. The van der Waals surface area contributed by atoms with Crippen LogP contribution in [-0.2, 0) is 25.6 Å². The molecule has 1 atom stereocenters. The lowest BCUT2D eigenvalue weighted by Gasteiger charge is -2.15. The van der Waals surface area contributed by atoms with Crippen molar-refractivity contribution in [2.24, 2.45) is 0 Å². The van der Waals surface area contributed by atoms with Crippen molar-refractivity contribution in [3.05, 3.63) is 47.5 Å². The molecule has 0 saturated carbocycles. The second kappa shape index (κ2) is 10.3. The largest absolute Gasteiger partial charge is 0.467 e. The fraction of sp³-hybridized carbons (Fsp3) is 0.353. The number of hydrogen-bond donors (Lipinski definition) is 1. The van der Waals surface area contributed by atoms with Crippen molar-refractivity contribution in [3.8, 4) is 0 Å². The minimum Gasteiger partial charge on any atom is -0.467 e. The molecule has 1 N–H and O–H groups in total. The fourth-order valence-corrected chi connectivity index (χ4v) is 2.78. The molecule has 1 fully saturated rings. The second-order valence-electron chi connectivity index (χ2n) is 5.21. The number of thioether (sulfide) groups is 1. The van der Waals surface area contributed by atoms with Gasteiger partial charge in [-0.25, -0.2) is 14.4 Å². The minimum absolute atomic E-state index is 0.102. The lowest BCUT2D eigenvalue weighted by atomic mass is 10.2. The van der Waals surface area contributed by atoms with Crippen molar-refractivity contribution in [2.45, 2.75) is 12.6 Å². The Balaban J connectivity index is 1.78. The maximum atomic E-state index is 11.9. The van der Waals surface area contributed by atoms with Crippen molar-refractivity contribution >= 4 is 29.9 Å². The standard InChI is InChI=1S/C17H20N2O6S/c1-23-15(20)14(12-26-10-8-19-7-9-24-17(19)22)18-16(21)25-11-13-5-3-2-4-6-13/h2-6,8,10,14H,7,9,11-12H2,1H3,(H,18,21)/b10-8+/t14-/m0/s1. The Morgan fingerprint density at radius 2 is 2.15 bits per heavy atom. The maximum Gasteiger partial charge on any atom is 0.413 e. The van der Waals surface area contributed by atoms with Gasteiger partial charge in [-0.05, 0) is 11.0 Å². The van der Waals surface area contributed by atoms with E-state index in [0.29, 0.717) is 13.2 Å². The van der Waals surface area contributed by atoms with E-state index in [4.69, 9.17) is 14.2 Å². The molecule has 1 saturated heterocycles. The Bertz CT molecular complexity index is 652. The van der Waals surface area contributed by atoms with Gasteiger partial charge in [0.15, 0.2) is 0 Å². The van der Waals surface area contributed by atoms with Crippen LogP contribution in [0.15, 0.2) is 41.9 Å². The predicted octanol–water partition coefficient (Wildman–Crippen LogP) is 2.11. The molecule has 0 aliphatic carbocycles. The van der Waals surface area contributed by atoms with E-state index in [9.17, 15) is 14.4 Å². The van der Waals surface area contributed by atoms with Crippen LogP contribution < -0.4 is 5.32 Å².